The smallest absolute Gasteiger partial charge is 0.319 e. The summed E-state index contributed by atoms with van der Waals surface area (Å²) in [6, 6.07) is 12.6. The summed E-state index contributed by atoms with van der Waals surface area (Å²) in [5.74, 6) is 0. The van der Waals surface area contributed by atoms with Gasteiger partial charge in [0.1, 0.15) is 5.69 Å². The zero-order valence-electron chi connectivity index (χ0n) is 13.7. The van der Waals surface area contributed by atoms with Crippen LogP contribution in [0.15, 0.2) is 54.9 Å². The van der Waals surface area contributed by atoms with E-state index in [1.807, 2.05) is 49.4 Å². The number of urea groups is 1. The van der Waals surface area contributed by atoms with Gasteiger partial charge in [0.05, 0.1) is 23.7 Å². The van der Waals surface area contributed by atoms with Gasteiger partial charge >= 0.3 is 6.03 Å². The second kappa shape index (κ2) is 7.59. The molecule has 0 fully saturated rings. The number of carbonyl (C=O) groups excluding carboxylic acids is 1. The maximum atomic E-state index is 12.1. The maximum Gasteiger partial charge on any atom is 0.319 e. The summed E-state index contributed by atoms with van der Waals surface area (Å²) in [5, 5.41) is 22.3. The van der Waals surface area contributed by atoms with Gasteiger partial charge in [-0.3, -0.25) is 10.1 Å². The summed E-state index contributed by atoms with van der Waals surface area (Å²) in [7, 11) is 0. The molecule has 3 rings (SSSR count). The number of hydrogen-bond acceptors (Lipinski definition) is 4. The van der Waals surface area contributed by atoms with E-state index < -0.39 is 12.1 Å². The lowest BCUT2D eigenvalue weighted by atomic mass is 10.1. The summed E-state index contributed by atoms with van der Waals surface area (Å²) in [6.45, 7) is 2.08. The maximum absolute atomic E-state index is 12.1. The minimum atomic E-state index is -0.772. The van der Waals surface area contributed by atoms with Gasteiger partial charge in [-0.25, -0.2) is 4.79 Å². The molecule has 0 bridgehead atoms. The van der Waals surface area contributed by atoms with Crippen LogP contribution in [-0.2, 0) is 0 Å². The van der Waals surface area contributed by atoms with Crippen molar-refractivity contribution in [3.63, 3.8) is 0 Å². The molecule has 7 nitrogen and oxygen atoms in total. The number of anilines is 1. The van der Waals surface area contributed by atoms with Crippen molar-refractivity contribution in [1.29, 1.82) is 0 Å². The number of aliphatic hydroxyl groups excluding tert-OH is 1. The fourth-order valence-corrected chi connectivity index (χ4v) is 2.35. The van der Waals surface area contributed by atoms with Gasteiger partial charge in [0, 0.05) is 12.7 Å². The van der Waals surface area contributed by atoms with Crippen LogP contribution in [0, 0.1) is 6.92 Å². The molecule has 2 heterocycles. The highest BCUT2D eigenvalue weighted by Crippen LogP contribution is 2.22. The Balaban J connectivity index is 1.58. The first-order chi connectivity index (χ1) is 12.1. The zero-order chi connectivity index (χ0) is 17.6. The van der Waals surface area contributed by atoms with Crippen molar-refractivity contribution in [3.8, 4) is 11.4 Å². The number of aliphatic hydroxyl groups is 1. The molecular formula is C18H19N5O2. The molecule has 2 amide bonds. The highest BCUT2D eigenvalue weighted by molar-refractivity contribution is 5.92. The van der Waals surface area contributed by atoms with Gasteiger partial charge in [-0.1, -0.05) is 35.9 Å². The second-order valence-electron chi connectivity index (χ2n) is 5.64. The summed E-state index contributed by atoms with van der Waals surface area (Å²) in [6.07, 6.45) is 2.41. The number of nitrogens with zero attached hydrogens (tertiary/aromatic N) is 2. The fourth-order valence-electron chi connectivity index (χ4n) is 2.35. The highest BCUT2D eigenvalue weighted by Gasteiger charge is 2.13. The van der Waals surface area contributed by atoms with E-state index in [0.717, 1.165) is 11.1 Å². The van der Waals surface area contributed by atoms with Crippen LogP contribution in [0.5, 0.6) is 0 Å². The number of hydrogen-bond donors (Lipinski definition) is 4. The average molecular weight is 337 g/mol. The van der Waals surface area contributed by atoms with Crippen molar-refractivity contribution in [2.75, 3.05) is 11.9 Å². The molecule has 0 aliphatic rings. The minimum absolute atomic E-state index is 0.103. The monoisotopic (exact) mass is 337 g/mol. The standard InChI is InChI=1S/C18H19N5O2/c1-12-5-7-13(8-6-12)16(24)11-20-18(25)22-15-10-21-23-17(15)14-4-2-3-9-19-14/h2-10,16,24H,11H2,1H3,(H,21,23)(H2,20,22,25). The second-order valence-corrected chi connectivity index (χ2v) is 5.64. The molecule has 1 atom stereocenters. The van der Waals surface area contributed by atoms with Gasteiger partial charge in [0.25, 0.3) is 0 Å². The molecule has 1 aromatic carbocycles. The fraction of sp³-hybridized carbons (Fsp3) is 0.167. The third-order valence-electron chi connectivity index (χ3n) is 3.73. The molecule has 0 spiro atoms. The van der Waals surface area contributed by atoms with E-state index >= 15 is 0 Å². The molecule has 0 aliphatic heterocycles. The van der Waals surface area contributed by atoms with Crippen LogP contribution >= 0.6 is 0 Å². The van der Waals surface area contributed by atoms with Gasteiger partial charge in [-0.05, 0) is 24.6 Å². The number of benzene rings is 1. The van der Waals surface area contributed by atoms with Gasteiger partial charge < -0.3 is 15.7 Å². The van der Waals surface area contributed by atoms with Crippen LogP contribution < -0.4 is 10.6 Å². The lowest BCUT2D eigenvalue weighted by Crippen LogP contribution is -2.32. The van der Waals surface area contributed by atoms with E-state index in [1.54, 1.807) is 6.20 Å². The van der Waals surface area contributed by atoms with Crippen LogP contribution in [-0.4, -0.2) is 32.9 Å². The first kappa shape index (κ1) is 16.7. The SMILES string of the molecule is Cc1ccc(C(O)CNC(=O)Nc2cn[nH]c2-c2ccccn2)cc1. The summed E-state index contributed by atoms with van der Waals surface area (Å²) in [4.78, 5) is 16.3. The first-order valence-corrected chi connectivity index (χ1v) is 7.88. The van der Waals surface area contributed by atoms with Crippen LogP contribution in [0.1, 0.15) is 17.2 Å². The number of carbonyl (C=O) groups is 1. The number of nitrogens with one attached hydrogen (secondary N) is 3. The van der Waals surface area contributed by atoms with E-state index in [1.165, 1.54) is 6.20 Å². The zero-order valence-corrected chi connectivity index (χ0v) is 13.7. The lowest BCUT2D eigenvalue weighted by molar-refractivity contribution is 0.175. The number of aryl methyl sites for hydroxylation is 1. The molecular weight excluding hydrogens is 318 g/mol. The van der Waals surface area contributed by atoms with Crippen molar-refractivity contribution in [2.45, 2.75) is 13.0 Å². The normalized spacial score (nSPS) is 11.8. The Kier molecular flexibility index (Phi) is 5.06. The van der Waals surface area contributed by atoms with Gasteiger partial charge in [-0.15, -0.1) is 0 Å². The van der Waals surface area contributed by atoms with Crippen LogP contribution in [0.3, 0.4) is 0 Å². The molecule has 7 heteroatoms. The Morgan fingerprint density at radius 2 is 2.04 bits per heavy atom. The summed E-state index contributed by atoms with van der Waals surface area (Å²) < 4.78 is 0. The largest absolute Gasteiger partial charge is 0.387 e. The highest BCUT2D eigenvalue weighted by atomic mass is 16.3. The number of aromatic amines is 1. The molecule has 3 aromatic rings. The van der Waals surface area contributed by atoms with E-state index in [0.29, 0.717) is 17.1 Å². The third-order valence-corrected chi connectivity index (χ3v) is 3.73. The predicted molar refractivity (Wildman–Crippen MR) is 95.0 cm³/mol. The molecule has 2 aromatic heterocycles. The molecule has 0 aliphatic carbocycles. The molecule has 0 radical (unpaired) electrons. The van der Waals surface area contributed by atoms with E-state index in [2.05, 4.69) is 25.8 Å². The molecule has 128 valence electrons. The lowest BCUT2D eigenvalue weighted by Gasteiger charge is -2.13. The molecule has 1 unspecified atom stereocenters. The average Bonchev–Trinajstić information content (AvgIpc) is 3.09. The number of aromatic nitrogens is 3. The number of rotatable bonds is 5. The first-order valence-electron chi connectivity index (χ1n) is 7.88. The van der Waals surface area contributed by atoms with Gasteiger partial charge in [0.15, 0.2) is 0 Å². The van der Waals surface area contributed by atoms with Crippen LogP contribution in [0.4, 0.5) is 10.5 Å². The van der Waals surface area contributed by atoms with Crippen molar-refractivity contribution in [3.05, 3.63) is 66.0 Å². The molecule has 0 saturated heterocycles. The molecule has 0 saturated carbocycles. The van der Waals surface area contributed by atoms with Crippen molar-refractivity contribution in [1.82, 2.24) is 20.5 Å². The number of pyridine rings is 1. The van der Waals surface area contributed by atoms with Crippen molar-refractivity contribution < 1.29 is 9.90 Å². The third kappa shape index (κ3) is 4.21. The Labute approximate surface area is 145 Å². The Hall–Kier alpha value is -3.19. The molecule has 4 N–H and O–H groups in total. The molecule has 25 heavy (non-hydrogen) atoms. The predicted octanol–water partition coefficient (Wildman–Crippen LogP) is 2.64. The summed E-state index contributed by atoms with van der Waals surface area (Å²) >= 11 is 0. The van der Waals surface area contributed by atoms with Crippen LogP contribution in [0.25, 0.3) is 11.4 Å². The van der Waals surface area contributed by atoms with Crippen LogP contribution in [0.2, 0.25) is 0 Å². The minimum Gasteiger partial charge on any atom is -0.387 e. The summed E-state index contributed by atoms with van der Waals surface area (Å²) in [5.41, 5.74) is 3.68. The van der Waals surface area contributed by atoms with E-state index in [-0.39, 0.29) is 6.54 Å². The number of amides is 2. The number of H-pyrrole nitrogens is 1. The topological polar surface area (TPSA) is 103 Å². The van der Waals surface area contributed by atoms with E-state index in [4.69, 9.17) is 0 Å². The Bertz CT molecular complexity index is 830. The quantitative estimate of drug-likeness (QED) is 0.574. The Morgan fingerprint density at radius 1 is 1.24 bits per heavy atom. The van der Waals surface area contributed by atoms with E-state index in [9.17, 15) is 9.90 Å². The van der Waals surface area contributed by atoms with Crippen molar-refractivity contribution >= 4 is 11.7 Å². The Morgan fingerprint density at radius 3 is 2.76 bits per heavy atom. The van der Waals surface area contributed by atoms with Gasteiger partial charge in [-0.2, -0.15) is 5.10 Å². The van der Waals surface area contributed by atoms with Crippen molar-refractivity contribution in [2.24, 2.45) is 0 Å². The van der Waals surface area contributed by atoms with Gasteiger partial charge in [0.2, 0.25) is 0 Å².